The third kappa shape index (κ3) is 5.17. The van der Waals surface area contributed by atoms with Crippen LogP contribution in [0.25, 0.3) is 0 Å². The van der Waals surface area contributed by atoms with Gasteiger partial charge < -0.3 is 0 Å². The summed E-state index contributed by atoms with van der Waals surface area (Å²) in [4.78, 5) is 4.87. The zero-order chi connectivity index (χ0) is 12.8. The van der Waals surface area contributed by atoms with E-state index in [2.05, 4.69) is 50.6 Å². The van der Waals surface area contributed by atoms with Crippen molar-refractivity contribution in [2.75, 3.05) is 16.4 Å². The quantitative estimate of drug-likeness (QED) is 0.188. The van der Waals surface area contributed by atoms with Crippen molar-refractivity contribution < 1.29 is 0 Å². The van der Waals surface area contributed by atoms with E-state index in [1.165, 1.54) is 23.0 Å². The van der Waals surface area contributed by atoms with Crippen molar-refractivity contribution >= 4 is 106 Å². The molecule has 0 bridgehead atoms. The summed E-state index contributed by atoms with van der Waals surface area (Å²) in [7, 11) is 0. The molecule has 0 unspecified atom stereocenters. The van der Waals surface area contributed by atoms with Gasteiger partial charge in [-0.15, -0.1) is 0 Å². The summed E-state index contributed by atoms with van der Waals surface area (Å²) in [6.07, 6.45) is 5.05. The fraction of sp³-hybridized carbons (Fsp3) is 0.455. The van der Waals surface area contributed by atoms with E-state index in [-0.39, 0.29) is 0 Å². The molecule has 100 valence electrons. The van der Waals surface area contributed by atoms with E-state index in [4.69, 9.17) is 0 Å². The van der Waals surface area contributed by atoms with Gasteiger partial charge in [0.2, 0.25) is 0 Å². The molecule has 2 aliphatic heterocycles. The zero-order valence-electron chi connectivity index (χ0n) is 9.81. The Morgan fingerprint density at radius 1 is 1.06 bits per heavy atom. The van der Waals surface area contributed by atoms with Crippen molar-refractivity contribution in [1.82, 2.24) is 0 Å². The Morgan fingerprint density at radius 3 is 2.44 bits per heavy atom. The van der Waals surface area contributed by atoms with Crippen LogP contribution in [0.4, 0.5) is 0 Å². The second-order valence-electron chi connectivity index (χ2n) is 3.31. The van der Waals surface area contributed by atoms with Gasteiger partial charge in [-0.3, -0.25) is 0 Å². The monoisotopic (exact) mass is 656 g/mol. The van der Waals surface area contributed by atoms with Gasteiger partial charge in [0, 0.05) is 0 Å². The van der Waals surface area contributed by atoms with E-state index in [1.54, 1.807) is 7.61 Å². The summed E-state index contributed by atoms with van der Waals surface area (Å²) < 4.78 is 8.63. The molecule has 0 aliphatic carbocycles. The number of unbranched alkanes of at least 4 members (excludes halogenated alkanes) is 1. The molecule has 0 aromatic heterocycles. The second-order valence-corrected chi connectivity index (χ2v) is 18.2. The number of halogens is 1. The van der Waals surface area contributed by atoms with Crippen LogP contribution >= 0.6 is 46.1 Å². The van der Waals surface area contributed by atoms with E-state index in [1.807, 2.05) is 18.5 Å². The molecule has 0 saturated heterocycles. The number of hydrogen-bond acceptors (Lipinski definition) is 2. The van der Waals surface area contributed by atoms with E-state index < -0.39 is 0 Å². The van der Waals surface area contributed by atoms with Crippen LogP contribution in [-0.4, -0.2) is 76.3 Å². The molecule has 0 fully saturated rings. The van der Waals surface area contributed by atoms with Gasteiger partial charge in [0.1, 0.15) is 0 Å². The van der Waals surface area contributed by atoms with Crippen molar-refractivity contribution in [1.29, 1.82) is 0 Å². The van der Waals surface area contributed by atoms with Crippen LogP contribution in [0.2, 0.25) is 0 Å². The Kier molecular flexibility index (Phi) is 9.19. The standard InChI is InChI=1S/C11H13IS2Se4/c1-13-8-9(14-5-3-2-4-12)18-11(17-8)10-15-6-7-16-10/h6-7H,2-5H2,1H3. The van der Waals surface area contributed by atoms with Crippen LogP contribution in [0.5, 0.6) is 0 Å². The van der Waals surface area contributed by atoms with E-state index >= 15 is 0 Å². The zero-order valence-corrected chi connectivity index (χ0v) is 20.5. The van der Waals surface area contributed by atoms with Gasteiger partial charge in [-0.1, -0.05) is 0 Å². The van der Waals surface area contributed by atoms with Crippen LogP contribution in [-0.2, 0) is 0 Å². The first kappa shape index (κ1) is 17.1. The van der Waals surface area contributed by atoms with Crippen molar-refractivity contribution in [3.8, 4) is 0 Å². The van der Waals surface area contributed by atoms with E-state index in [9.17, 15) is 0 Å². The third-order valence-electron chi connectivity index (χ3n) is 2.06. The first-order chi connectivity index (χ1) is 8.85. The Labute approximate surface area is 157 Å². The molecule has 2 heterocycles. The third-order valence-corrected chi connectivity index (χ3v) is 22.0. The summed E-state index contributed by atoms with van der Waals surface area (Å²) >= 11 is 9.55. The van der Waals surface area contributed by atoms with Crippen LogP contribution in [0.15, 0.2) is 24.3 Å². The summed E-state index contributed by atoms with van der Waals surface area (Å²) in [5.74, 6) is 1.34. The molecule has 18 heavy (non-hydrogen) atoms. The molecule has 0 radical (unpaired) electrons. The first-order valence-electron chi connectivity index (χ1n) is 5.40. The van der Waals surface area contributed by atoms with Gasteiger partial charge in [0.25, 0.3) is 0 Å². The van der Waals surface area contributed by atoms with Crippen molar-refractivity contribution in [2.45, 2.75) is 12.8 Å². The second kappa shape index (κ2) is 9.69. The maximum absolute atomic E-state index is 2.49. The van der Waals surface area contributed by atoms with Gasteiger partial charge in [-0.05, 0) is 0 Å². The van der Waals surface area contributed by atoms with Gasteiger partial charge in [0.05, 0.1) is 0 Å². The molecule has 0 aromatic carbocycles. The number of rotatable bonds is 6. The van der Waals surface area contributed by atoms with Gasteiger partial charge >= 0.3 is 160 Å². The van der Waals surface area contributed by atoms with Crippen molar-refractivity contribution in [2.24, 2.45) is 0 Å². The minimum atomic E-state index is 0.704. The Morgan fingerprint density at radius 2 is 1.78 bits per heavy atom. The Hall–Kier alpha value is 2.73. The van der Waals surface area contributed by atoms with Crippen molar-refractivity contribution in [3.63, 3.8) is 0 Å². The molecule has 0 aromatic rings. The fourth-order valence-corrected chi connectivity index (χ4v) is 20.9. The van der Waals surface area contributed by atoms with Crippen molar-refractivity contribution in [3.05, 3.63) is 24.3 Å². The van der Waals surface area contributed by atoms with Crippen LogP contribution in [0, 0.1) is 0 Å². The normalized spacial score (nSPS) is 19.4. The molecule has 7 heteroatoms. The number of thioether (sulfide) groups is 2. The number of alkyl halides is 1. The van der Waals surface area contributed by atoms with Crippen LogP contribution < -0.4 is 0 Å². The van der Waals surface area contributed by atoms with Crippen LogP contribution in [0.1, 0.15) is 12.8 Å². The molecule has 0 saturated carbocycles. The maximum atomic E-state index is 2.49. The van der Waals surface area contributed by atoms with Gasteiger partial charge in [0.15, 0.2) is 0 Å². The first-order valence-corrected chi connectivity index (χ1v) is 16.3. The summed E-state index contributed by atoms with van der Waals surface area (Å²) in [6.45, 7) is 0. The predicted molar refractivity (Wildman–Crippen MR) is 100 cm³/mol. The minimum absolute atomic E-state index is 0.704. The molecule has 0 nitrogen and oxygen atoms in total. The fourth-order valence-electron chi connectivity index (χ4n) is 1.23. The SMILES string of the molecule is CSC1=C(SCCCCI)[Se]C(=C2[Se]C=C[Se]2)[Se]1. The molecule has 0 atom stereocenters. The molecule has 0 spiro atoms. The van der Waals surface area contributed by atoms with Gasteiger partial charge in [-0.2, -0.15) is 0 Å². The van der Waals surface area contributed by atoms with Gasteiger partial charge in [-0.25, -0.2) is 0 Å². The van der Waals surface area contributed by atoms with E-state index in [0.717, 1.165) is 29.9 Å². The molecule has 0 amide bonds. The Balaban J connectivity index is 1.89. The summed E-state index contributed by atoms with van der Waals surface area (Å²) in [5.41, 5.74) is 0. The molecule has 2 rings (SSSR count). The Bertz CT molecular complexity index is 383. The average molecular weight is 652 g/mol. The van der Waals surface area contributed by atoms with E-state index in [0.29, 0.717) is 29.9 Å². The molecular weight excluding hydrogens is 639 g/mol. The summed E-state index contributed by atoms with van der Waals surface area (Å²) in [6, 6.07) is 0. The molecule has 0 N–H and O–H groups in total. The van der Waals surface area contributed by atoms with Crippen LogP contribution in [0.3, 0.4) is 0 Å². The average Bonchev–Trinajstić information content (AvgIpc) is 3.03. The summed E-state index contributed by atoms with van der Waals surface area (Å²) in [5, 5.41) is 0. The topological polar surface area (TPSA) is 0 Å². The predicted octanol–water partition coefficient (Wildman–Crippen LogP) is 2.87. The molecular formula is C11H13IS2Se4. The molecule has 2 aliphatic rings. The number of hydrogen-bond donors (Lipinski definition) is 0.